The lowest BCUT2D eigenvalue weighted by molar-refractivity contribution is -0.271. The third-order valence-electron chi connectivity index (χ3n) is 4.20. The summed E-state index contributed by atoms with van der Waals surface area (Å²) in [5.41, 5.74) is 0. The van der Waals surface area contributed by atoms with Crippen LogP contribution in [0.15, 0.2) is 0 Å². The molecular formula is C13H26N2O2. The zero-order valence-electron chi connectivity index (χ0n) is 10.9. The maximum atomic E-state index is 10.9. The summed E-state index contributed by atoms with van der Waals surface area (Å²) in [6.07, 6.45) is 6.27. The molecule has 100 valence electrons. The van der Waals surface area contributed by atoms with Crippen molar-refractivity contribution in [3.8, 4) is 0 Å². The predicted molar refractivity (Wildman–Crippen MR) is 67.5 cm³/mol. The van der Waals surface area contributed by atoms with Gasteiger partial charge in [-0.25, -0.2) is 0 Å². The van der Waals surface area contributed by atoms with Gasteiger partial charge in [-0.1, -0.05) is 12.8 Å². The number of rotatable bonds is 3. The molecule has 2 fully saturated rings. The predicted octanol–water partition coefficient (Wildman–Crippen LogP) is 0.985. The lowest BCUT2D eigenvalue weighted by atomic mass is 10.0. The van der Waals surface area contributed by atoms with Crippen LogP contribution >= 0.6 is 0 Å². The second-order valence-corrected chi connectivity index (χ2v) is 5.46. The number of piperidine rings is 2. The van der Waals surface area contributed by atoms with Crippen LogP contribution in [0.4, 0.5) is 0 Å². The summed E-state index contributed by atoms with van der Waals surface area (Å²) in [6, 6.07) is 0. The minimum Gasteiger partial charge on any atom is -0.387 e. The molecule has 0 aliphatic carbocycles. The van der Waals surface area contributed by atoms with Crippen LogP contribution in [0.5, 0.6) is 0 Å². The Morgan fingerprint density at radius 1 is 0.824 bits per heavy atom. The van der Waals surface area contributed by atoms with Crippen molar-refractivity contribution in [1.82, 2.24) is 9.80 Å². The van der Waals surface area contributed by atoms with E-state index in [9.17, 15) is 10.2 Å². The molecule has 17 heavy (non-hydrogen) atoms. The number of hydrogen-bond donors (Lipinski definition) is 2. The van der Waals surface area contributed by atoms with Gasteiger partial charge in [-0.05, 0) is 32.6 Å². The topological polar surface area (TPSA) is 46.9 Å². The van der Waals surface area contributed by atoms with E-state index in [0.29, 0.717) is 0 Å². The Morgan fingerprint density at radius 3 is 1.47 bits per heavy atom. The van der Waals surface area contributed by atoms with Crippen LogP contribution in [0.2, 0.25) is 0 Å². The van der Waals surface area contributed by atoms with Gasteiger partial charge in [0.25, 0.3) is 0 Å². The monoisotopic (exact) mass is 242 g/mol. The first-order valence-electron chi connectivity index (χ1n) is 7.06. The van der Waals surface area contributed by atoms with Crippen LogP contribution in [0, 0.1) is 0 Å². The van der Waals surface area contributed by atoms with E-state index in [2.05, 4.69) is 9.80 Å². The van der Waals surface area contributed by atoms with Gasteiger partial charge in [0, 0.05) is 26.2 Å². The average Bonchev–Trinajstić information content (AvgIpc) is 2.39. The maximum Gasteiger partial charge on any atom is 0.203 e. The van der Waals surface area contributed by atoms with Gasteiger partial charge in [0.2, 0.25) is 5.85 Å². The molecular weight excluding hydrogens is 216 g/mol. The first-order chi connectivity index (χ1) is 8.15. The second-order valence-electron chi connectivity index (χ2n) is 5.46. The largest absolute Gasteiger partial charge is 0.387 e. The molecule has 2 aliphatic rings. The van der Waals surface area contributed by atoms with Crippen molar-refractivity contribution in [2.45, 2.75) is 57.4 Å². The van der Waals surface area contributed by atoms with Gasteiger partial charge in [0.1, 0.15) is 6.10 Å². The van der Waals surface area contributed by atoms with Gasteiger partial charge in [0.15, 0.2) is 0 Å². The molecule has 2 N–H and O–H groups in total. The third-order valence-corrected chi connectivity index (χ3v) is 4.20. The molecule has 0 spiro atoms. The van der Waals surface area contributed by atoms with Crippen molar-refractivity contribution < 1.29 is 10.2 Å². The standard InChI is InChI=1S/C13H26N2O2/c1-12(16)13(17,14-8-4-2-5-9-14)15-10-6-3-7-11-15/h12,16-17H,2-11H2,1H3. The van der Waals surface area contributed by atoms with E-state index in [-0.39, 0.29) is 0 Å². The molecule has 0 aromatic heterocycles. The highest BCUT2D eigenvalue weighted by molar-refractivity contribution is 4.88. The van der Waals surface area contributed by atoms with E-state index in [1.807, 2.05) is 0 Å². The van der Waals surface area contributed by atoms with Crippen LogP contribution < -0.4 is 0 Å². The van der Waals surface area contributed by atoms with E-state index in [1.54, 1.807) is 6.92 Å². The van der Waals surface area contributed by atoms with E-state index < -0.39 is 12.0 Å². The van der Waals surface area contributed by atoms with E-state index in [0.717, 1.165) is 51.9 Å². The van der Waals surface area contributed by atoms with Crippen LogP contribution in [0.25, 0.3) is 0 Å². The van der Waals surface area contributed by atoms with Gasteiger partial charge in [-0.3, -0.25) is 9.80 Å². The average molecular weight is 242 g/mol. The van der Waals surface area contributed by atoms with Crippen molar-refractivity contribution in [2.24, 2.45) is 0 Å². The van der Waals surface area contributed by atoms with Crippen molar-refractivity contribution in [3.05, 3.63) is 0 Å². The number of nitrogens with zero attached hydrogens (tertiary/aromatic N) is 2. The van der Waals surface area contributed by atoms with Gasteiger partial charge in [-0.15, -0.1) is 0 Å². The molecule has 4 heteroatoms. The Morgan fingerprint density at radius 2 is 1.18 bits per heavy atom. The van der Waals surface area contributed by atoms with Gasteiger partial charge >= 0.3 is 0 Å². The highest BCUT2D eigenvalue weighted by Gasteiger charge is 2.45. The smallest absolute Gasteiger partial charge is 0.203 e. The highest BCUT2D eigenvalue weighted by Crippen LogP contribution is 2.28. The fraction of sp³-hybridized carbons (Fsp3) is 1.00. The Kier molecular flexibility index (Phi) is 4.42. The fourth-order valence-electron chi connectivity index (χ4n) is 3.17. The van der Waals surface area contributed by atoms with E-state index in [4.69, 9.17) is 0 Å². The van der Waals surface area contributed by atoms with Gasteiger partial charge in [-0.2, -0.15) is 0 Å². The maximum absolute atomic E-state index is 10.9. The van der Waals surface area contributed by atoms with Crippen molar-refractivity contribution in [2.75, 3.05) is 26.2 Å². The molecule has 2 saturated heterocycles. The van der Waals surface area contributed by atoms with Gasteiger partial charge < -0.3 is 10.2 Å². The molecule has 2 heterocycles. The number of hydrogen-bond acceptors (Lipinski definition) is 4. The molecule has 1 atom stereocenters. The lowest BCUT2D eigenvalue weighted by Gasteiger charge is -2.51. The molecule has 0 aromatic rings. The molecule has 0 bridgehead atoms. The molecule has 2 rings (SSSR count). The van der Waals surface area contributed by atoms with Crippen molar-refractivity contribution in [1.29, 1.82) is 0 Å². The van der Waals surface area contributed by atoms with E-state index >= 15 is 0 Å². The van der Waals surface area contributed by atoms with Crippen molar-refractivity contribution in [3.63, 3.8) is 0 Å². The fourth-order valence-corrected chi connectivity index (χ4v) is 3.17. The van der Waals surface area contributed by atoms with Crippen LogP contribution in [0.3, 0.4) is 0 Å². The molecule has 0 aromatic carbocycles. The van der Waals surface area contributed by atoms with E-state index in [1.165, 1.54) is 12.8 Å². The number of likely N-dealkylation sites (tertiary alicyclic amines) is 2. The van der Waals surface area contributed by atoms with Crippen LogP contribution in [0.1, 0.15) is 45.4 Å². The summed E-state index contributed by atoms with van der Waals surface area (Å²) in [4.78, 5) is 4.15. The van der Waals surface area contributed by atoms with Crippen LogP contribution in [-0.4, -0.2) is 58.1 Å². The number of aliphatic hydroxyl groups is 2. The Balaban J connectivity index is 2.11. The molecule has 2 aliphatic heterocycles. The quantitative estimate of drug-likeness (QED) is 0.774. The second kappa shape index (κ2) is 5.65. The molecule has 4 nitrogen and oxygen atoms in total. The molecule has 0 radical (unpaired) electrons. The Bertz CT molecular complexity index is 216. The molecule has 0 saturated carbocycles. The first kappa shape index (κ1) is 13.3. The van der Waals surface area contributed by atoms with Crippen LogP contribution in [-0.2, 0) is 0 Å². The number of aliphatic hydroxyl groups excluding tert-OH is 1. The summed E-state index contributed by atoms with van der Waals surface area (Å²) in [7, 11) is 0. The SMILES string of the molecule is CC(O)C(O)(N1CCCCC1)N1CCCCC1. The zero-order chi connectivity index (χ0) is 12.3. The summed E-state index contributed by atoms with van der Waals surface area (Å²) < 4.78 is 0. The molecule has 1 unspecified atom stereocenters. The summed E-state index contributed by atoms with van der Waals surface area (Å²) in [6.45, 7) is 5.31. The lowest BCUT2D eigenvalue weighted by Crippen LogP contribution is -2.68. The summed E-state index contributed by atoms with van der Waals surface area (Å²) in [5, 5.41) is 21.0. The summed E-state index contributed by atoms with van der Waals surface area (Å²) >= 11 is 0. The molecule has 0 amide bonds. The summed E-state index contributed by atoms with van der Waals surface area (Å²) in [5.74, 6) is -1.14. The Hall–Kier alpha value is -0.160. The highest BCUT2D eigenvalue weighted by atomic mass is 16.4. The normalized spacial score (nSPS) is 27.0. The van der Waals surface area contributed by atoms with Crippen molar-refractivity contribution >= 4 is 0 Å². The minimum absolute atomic E-state index is 0.723. The minimum atomic E-state index is -1.14. The van der Waals surface area contributed by atoms with Gasteiger partial charge in [0.05, 0.1) is 0 Å². The zero-order valence-corrected chi connectivity index (χ0v) is 10.9. The third kappa shape index (κ3) is 2.65. The first-order valence-corrected chi connectivity index (χ1v) is 7.06. The Labute approximate surface area is 104 Å².